The molecular formula is C25H31ClF2N6O. The van der Waals surface area contributed by atoms with Gasteiger partial charge in [-0.2, -0.15) is 5.26 Å². The van der Waals surface area contributed by atoms with E-state index < -0.39 is 5.92 Å². The van der Waals surface area contributed by atoms with Gasteiger partial charge in [0.15, 0.2) is 5.82 Å². The minimum absolute atomic E-state index is 0. The van der Waals surface area contributed by atoms with Crippen LogP contribution in [0.15, 0.2) is 24.3 Å². The van der Waals surface area contributed by atoms with Crippen molar-refractivity contribution in [3.8, 4) is 17.3 Å². The van der Waals surface area contributed by atoms with Crippen LogP contribution in [-0.4, -0.2) is 58.8 Å². The van der Waals surface area contributed by atoms with Gasteiger partial charge in [0.25, 0.3) is 0 Å². The molecule has 1 atom stereocenters. The number of amides is 2. The SMILES string of the molecule is Cc1c(-c2ccc(C#N)cc2)nnc(N2CCN(C(=O)NC3CCC(F)(F)CC3)C(C)C2)c1C.Cl. The monoisotopic (exact) mass is 504 g/mol. The molecule has 0 bridgehead atoms. The van der Waals surface area contributed by atoms with E-state index in [9.17, 15) is 13.6 Å². The smallest absolute Gasteiger partial charge is 0.317 e. The van der Waals surface area contributed by atoms with Crippen LogP contribution in [0.5, 0.6) is 0 Å². The number of hydrogen-bond acceptors (Lipinski definition) is 5. The van der Waals surface area contributed by atoms with Crippen molar-refractivity contribution >= 4 is 24.3 Å². The van der Waals surface area contributed by atoms with Crippen LogP contribution < -0.4 is 10.2 Å². The molecule has 1 aromatic carbocycles. The molecule has 4 rings (SSSR count). The number of halogens is 3. The van der Waals surface area contributed by atoms with E-state index in [1.807, 2.05) is 32.9 Å². The summed E-state index contributed by atoms with van der Waals surface area (Å²) in [7, 11) is 0. The molecule has 2 heterocycles. The van der Waals surface area contributed by atoms with E-state index in [2.05, 4.69) is 26.5 Å². The molecule has 1 N–H and O–H groups in total. The van der Waals surface area contributed by atoms with Crippen LogP contribution in [0.4, 0.5) is 19.4 Å². The fourth-order valence-corrected chi connectivity index (χ4v) is 4.76. The van der Waals surface area contributed by atoms with Gasteiger partial charge in [-0.05, 0) is 56.9 Å². The van der Waals surface area contributed by atoms with Crippen LogP contribution in [0.25, 0.3) is 11.3 Å². The number of urea groups is 1. The first kappa shape index (κ1) is 26.6. The number of rotatable bonds is 3. The fourth-order valence-electron chi connectivity index (χ4n) is 4.76. The standard InChI is InChI=1S/C25H30F2N6O.ClH/c1-16-15-32(12-13-33(16)24(34)29-21-8-10-25(26,27)11-9-21)23-18(3)17(2)22(30-31-23)20-6-4-19(14-28)5-7-20;/h4-7,16,21H,8-13,15H2,1-3H3,(H,29,34);1H. The molecule has 1 unspecified atom stereocenters. The van der Waals surface area contributed by atoms with E-state index in [1.165, 1.54) is 0 Å². The maximum Gasteiger partial charge on any atom is 0.317 e. The van der Waals surface area contributed by atoms with Crippen molar-refractivity contribution in [3.05, 3.63) is 41.0 Å². The maximum atomic E-state index is 13.4. The lowest BCUT2D eigenvalue weighted by Gasteiger charge is -2.41. The van der Waals surface area contributed by atoms with Gasteiger partial charge in [-0.3, -0.25) is 0 Å². The van der Waals surface area contributed by atoms with E-state index in [1.54, 1.807) is 17.0 Å². The largest absolute Gasteiger partial charge is 0.351 e. The third-order valence-electron chi connectivity index (χ3n) is 7.02. The average molecular weight is 505 g/mol. The predicted octanol–water partition coefficient (Wildman–Crippen LogP) is 4.85. The molecule has 10 heteroatoms. The second kappa shape index (κ2) is 10.7. The molecule has 2 aliphatic rings. The van der Waals surface area contributed by atoms with Crippen molar-refractivity contribution in [1.82, 2.24) is 20.4 Å². The lowest BCUT2D eigenvalue weighted by molar-refractivity contribution is -0.0399. The van der Waals surface area contributed by atoms with Gasteiger partial charge in [0.2, 0.25) is 5.92 Å². The molecule has 2 aromatic rings. The Kier molecular flexibility index (Phi) is 8.16. The highest BCUT2D eigenvalue weighted by molar-refractivity contribution is 5.85. The van der Waals surface area contributed by atoms with Gasteiger partial charge in [-0.15, -0.1) is 22.6 Å². The van der Waals surface area contributed by atoms with Crippen molar-refractivity contribution in [2.75, 3.05) is 24.5 Å². The Morgan fingerprint density at radius 1 is 1.11 bits per heavy atom. The van der Waals surface area contributed by atoms with Crippen LogP contribution in [0, 0.1) is 25.2 Å². The lowest BCUT2D eigenvalue weighted by Crippen LogP contribution is -2.58. The van der Waals surface area contributed by atoms with Gasteiger partial charge >= 0.3 is 6.03 Å². The highest BCUT2D eigenvalue weighted by Crippen LogP contribution is 2.33. The molecule has 7 nitrogen and oxygen atoms in total. The highest BCUT2D eigenvalue weighted by atomic mass is 35.5. The third-order valence-corrected chi connectivity index (χ3v) is 7.02. The first-order chi connectivity index (χ1) is 16.2. The molecule has 2 fully saturated rings. The number of benzene rings is 1. The van der Waals surface area contributed by atoms with Gasteiger partial charge in [-0.1, -0.05) is 12.1 Å². The van der Waals surface area contributed by atoms with Crippen molar-refractivity contribution in [1.29, 1.82) is 5.26 Å². The normalized spacial score (nSPS) is 20.1. The second-order valence-corrected chi connectivity index (χ2v) is 9.38. The molecule has 188 valence electrons. The van der Waals surface area contributed by atoms with E-state index in [0.29, 0.717) is 38.0 Å². The molecule has 2 amide bonds. The first-order valence-electron chi connectivity index (χ1n) is 11.7. The van der Waals surface area contributed by atoms with Crippen molar-refractivity contribution < 1.29 is 13.6 Å². The fraction of sp³-hybridized carbons (Fsp3) is 0.520. The van der Waals surface area contributed by atoms with Crippen LogP contribution >= 0.6 is 12.4 Å². The van der Waals surface area contributed by atoms with E-state index >= 15 is 0 Å². The van der Waals surface area contributed by atoms with E-state index in [0.717, 1.165) is 28.2 Å². The summed E-state index contributed by atoms with van der Waals surface area (Å²) in [5.41, 5.74) is 4.35. The molecule has 1 aliphatic heterocycles. The number of piperazine rings is 1. The number of nitrogens with one attached hydrogen (secondary N) is 1. The highest BCUT2D eigenvalue weighted by Gasteiger charge is 2.37. The summed E-state index contributed by atoms with van der Waals surface area (Å²) in [5.74, 6) is -1.80. The Hall–Kier alpha value is -2.99. The lowest BCUT2D eigenvalue weighted by atomic mass is 9.92. The molecule has 0 radical (unpaired) electrons. The third kappa shape index (κ3) is 5.81. The van der Waals surface area contributed by atoms with Crippen molar-refractivity contribution in [2.24, 2.45) is 0 Å². The number of anilines is 1. The number of aromatic nitrogens is 2. The topological polar surface area (TPSA) is 85.2 Å². The molecule has 1 aromatic heterocycles. The number of hydrogen-bond donors (Lipinski definition) is 1. The summed E-state index contributed by atoms with van der Waals surface area (Å²) in [6.07, 6.45) is 0.285. The minimum Gasteiger partial charge on any atom is -0.351 e. The Bertz CT molecular complexity index is 1090. The van der Waals surface area contributed by atoms with Gasteiger partial charge in [0, 0.05) is 50.1 Å². The molecule has 1 saturated heterocycles. The maximum absolute atomic E-state index is 13.4. The van der Waals surface area contributed by atoms with Crippen LogP contribution in [0.2, 0.25) is 0 Å². The number of carbonyl (C=O) groups excluding carboxylic acids is 1. The molecular weight excluding hydrogens is 474 g/mol. The summed E-state index contributed by atoms with van der Waals surface area (Å²) < 4.78 is 26.8. The van der Waals surface area contributed by atoms with Crippen molar-refractivity contribution in [3.63, 3.8) is 0 Å². The summed E-state index contributed by atoms with van der Waals surface area (Å²) in [6, 6.07) is 8.98. The Morgan fingerprint density at radius 2 is 1.77 bits per heavy atom. The zero-order valence-electron chi connectivity index (χ0n) is 20.2. The van der Waals surface area contributed by atoms with E-state index in [4.69, 9.17) is 5.26 Å². The Morgan fingerprint density at radius 3 is 2.37 bits per heavy atom. The van der Waals surface area contributed by atoms with E-state index in [-0.39, 0.29) is 43.4 Å². The summed E-state index contributed by atoms with van der Waals surface area (Å²) in [4.78, 5) is 16.7. The number of nitriles is 1. The number of nitrogens with zero attached hydrogens (tertiary/aromatic N) is 5. The Balaban J connectivity index is 0.00000342. The molecule has 1 aliphatic carbocycles. The molecule has 35 heavy (non-hydrogen) atoms. The quantitative estimate of drug-likeness (QED) is 0.645. The van der Waals surface area contributed by atoms with Crippen molar-refractivity contribution in [2.45, 2.75) is 64.5 Å². The van der Waals surface area contributed by atoms with Crippen LogP contribution in [-0.2, 0) is 0 Å². The van der Waals surface area contributed by atoms with Gasteiger partial charge in [0.05, 0.1) is 17.3 Å². The van der Waals surface area contributed by atoms with Gasteiger partial charge < -0.3 is 15.1 Å². The average Bonchev–Trinajstić information content (AvgIpc) is 2.82. The summed E-state index contributed by atoms with van der Waals surface area (Å²) in [5, 5.41) is 21.0. The summed E-state index contributed by atoms with van der Waals surface area (Å²) in [6.45, 7) is 7.78. The molecule has 0 spiro atoms. The van der Waals surface area contributed by atoms with Crippen LogP contribution in [0.3, 0.4) is 0 Å². The minimum atomic E-state index is -2.60. The number of alkyl halides is 2. The van der Waals surface area contributed by atoms with Crippen LogP contribution in [0.1, 0.15) is 49.3 Å². The predicted molar refractivity (Wildman–Crippen MR) is 133 cm³/mol. The number of carbonyl (C=O) groups is 1. The Labute approximate surface area is 210 Å². The zero-order valence-corrected chi connectivity index (χ0v) is 21.0. The first-order valence-corrected chi connectivity index (χ1v) is 11.7. The molecule has 1 saturated carbocycles. The zero-order chi connectivity index (χ0) is 24.5. The van der Waals surface area contributed by atoms with Gasteiger partial charge in [0.1, 0.15) is 0 Å². The second-order valence-electron chi connectivity index (χ2n) is 9.38. The summed E-state index contributed by atoms with van der Waals surface area (Å²) >= 11 is 0. The van der Waals surface area contributed by atoms with Gasteiger partial charge in [-0.25, -0.2) is 13.6 Å².